The zero-order chi connectivity index (χ0) is 16.2. The maximum absolute atomic E-state index is 5.06. The number of methoxy groups -OCH3 is 1. The number of benzene rings is 1. The molecule has 1 rings (SSSR count). The van der Waals surface area contributed by atoms with E-state index in [0.29, 0.717) is 0 Å². The highest BCUT2D eigenvalue weighted by Crippen LogP contribution is 2.17. The van der Waals surface area contributed by atoms with E-state index in [1.807, 2.05) is 6.07 Å². The normalized spacial score (nSPS) is 13.2. The van der Waals surface area contributed by atoms with Crippen molar-refractivity contribution in [3.63, 3.8) is 0 Å². The molecule has 0 aliphatic carbocycles. The zero-order valence-electron chi connectivity index (χ0n) is 14.3. The Kier molecular flexibility index (Phi) is 9.26. The minimum Gasteiger partial charge on any atom is -0.385 e. The first kappa shape index (κ1) is 18.5. The predicted molar refractivity (Wildman–Crippen MR) is 93.3 cm³/mol. The molecule has 1 aromatic carbocycles. The molecule has 0 heterocycles. The second kappa shape index (κ2) is 11.0. The molecule has 1 unspecified atom stereocenters. The predicted octanol–water partition coefficient (Wildman–Crippen LogP) is 1.88. The van der Waals surface area contributed by atoms with Crippen LogP contribution in [0.15, 0.2) is 35.3 Å². The summed E-state index contributed by atoms with van der Waals surface area (Å²) in [5.74, 6) is 0.862. The molecule has 2 N–H and O–H groups in total. The van der Waals surface area contributed by atoms with Crippen molar-refractivity contribution in [2.75, 3.05) is 47.4 Å². The number of nitrogens with zero attached hydrogens (tertiary/aromatic N) is 2. The highest BCUT2D eigenvalue weighted by molar-refractivity contribution is 5.79. The molecule has 0 aliphatic heterocycles. The number of likely N-dealkylation sites (N-methyl/N-ethyl adjacent to an activating group) is 1. The third-order valence-electron chi connectivity index (χ3n) is 3.39. The maximum Gasteiger partial charge on any atom is 0.191 e. The molecule has 0 aromatic heterocycles. The van der Waals surface area contributed by atoms with Gasteiger partial charge in [0.15, 0.2) is 5.96 Å². The molecule has 124 valence electrons. The molecular formula is C17H30N4O. The number of aliphatic imine (C=N–C) groups is 1. The van der Waals surface area contributed by atoms with E-state index in [9.17, 15) is 0 Å². The Morgan fingerprint density at radius 1 is 1.23 bits per heavy atom. The summed E-state index contributed by atoms with van der Waals surface area (Å²) >= 11 is 0. The maximum atomic E-state index is 5.06. The van der Waals surface area contributed by atoms with Gasteiger partial charge in [0.25, 0.3) is 0 Å². The Morgan fingerprint density at radius 2 is 1.95 bits per heavy atom. The number of hydrogen-bond donors (Lipinski definition) is 2. The van der Waals surface area contributed by atoms with Crippen molar-refractivity contribution in [1.82, 2.24) is 15.5 Å². The van der Waals surface area contributed by atoms with Crippen LogP contribution in [0.3, 0.4) is 0 Å². The lowest BCUT2D eigenvalue weighted by Gasteiger charge is -2.23. The van der Waals surface area contributed by atoms with Gasteiger partial charge in [-0.25, -0.2) is 0 Å². The van der Waals surface area contributed by atoms with Crippen molar-refractivity contribution in [1.29, 1.82) is 0 Å². The molecule has 0 spiro atoms. The van der Waals surface area contributed by atoms with E-state index in [-0.39, 0.29) is 6.04 Å². The molecule has 5 heteroatoms. The number of ether oxygens (including phenoxy) is 1. The second-order valence-corrected chi connectivity index (χ2v) is 5.38. The number of guanidine groups is 1. The smallest absolute Gasteiger partial charge is 0.191 e. The van der Waals surface area contributed by atoms with Crippen LogP contribution in [0.25, 0.3) is 0 Å². The Morgan fingerprint density at radius 3 is 2.55 bits per heavy atom. The summed E-state index contributed by atoms with van der Waals surface area (Å²) in [6.07, 6.45) is 0.969. The lowest BCUT2D eigenvalue weighted by Crippen LogP contribution is -2.38. The third-order valence-corrected chi connectivity index (χ3v) is 3.39. The van der Waals surface area contributed by atoms with Crippen molar-refractivity contribution in [2.24, 2.45) is 4.99 Å². The van der Waals surface area contributed by atoms with Crippen LogP contribution in [-0.4, -0.2) is 58.3 Å². The number of rotatable bonds is 9. The van der Waals surface area contributed by atoms with Crippen molar-refractivity contribution >= 4 is 5.96 Å². The van der Waals surface area contributed by atoms with Gasteiger partial charge in [0.1, 0.15) is 0 Å². The molecule has 0 bridgehead atoms. The monoisotopic (exact) mass is 306 g/mol. The molecule has 0 saturated carbocycles. The fourth-order valence-corrected chi connectivity index (χ4v) is 2.18. The van der Waals surface area contributed by atoms with Crippen molar-refractivity contribution in [2.45, 2.75) is 19.4 Å². The molecule has 0 amide bonds. The van der Waals surface area contributed by atoms with Crippen LogP contribution in [0.1, 0.15) is 24.9 Å². The average molecular weight is 306 g/mol. The van der Waals surface area contributed by atoms with Gasteiger partial charge in [-0.1, -0.05) is 30.3 Å². The topological polar surface area (TPSA) is 48.9 Å². The van der Waals surface area contributed by atoms with Crippen LogP contribution in [0.4, 0.5) is 0 Å². The lowest BCUT2D eigenvalue weighted by atomic mass is 10.1. The molecular weight excluding hydrogens is 276 g/mol. The molecule has 1 aromatic rings. The van der Waals surface area contributed by atoms with E-state index in [0.717, 1.165) is 38.6 Å². The quantitative estimate of drug-likeness (QED) is 0.415. The van der Waals surface area contributed by atoms with Gasteiger partial charge in [-0.2, -0.15) is 0 Å². The van der Waals surface area contributed by atoms with E-state index < -0.39 is 0 Å². The third kappa shape index (κ3) is 6.91. The summed E-state index contributed by atoms with van der Waals surface area (Å²) in [5.41, 5.74) is 1.28. The van der Waals surface area contributed by atoms with Gasteiger partial charge in [0.05, 0.1) is 12.6 Å². The fraction of sp³-hybridized carbons (Fsp3) is 0.588. The number of nitrogens with one attached hydrogen (secondary N) is 2. The molecule has 0 radical (unpaired) electrons. The Bertz CT molecular complexity index is 420. The lowest BCUT2D eigenvalue weighted by molar-refractivity contribution is 0.195. The van der Waals surface area contributed by atoms with Gasteiger partial charge in [0.2, 0.25) is 0 Å². The molecule has 1 atom stereocenters. The van der Waals surface area contributed by atoms with Crippen molar-refractivity contribution in [3.05, 3.63) is 35.9 Å². The van der Waals surface area contributed by atoms with Gasteiger partial charge in [-0.3, -0.25) is 4.99 Å². The summed E-state index contributed by atoms with van der Waals surface area (Å²) in [6, 6.07) is 10.8. The zero-order valence-corrected chi connectivity index (χ0v) is 14.3. The number of hydrogen-bond acceptors (Lipinski definition) is 3. The van der Waals surface area contributed by atoms with Gasteiger partial charge in [-0.15, -0.1) is 0 Å². The molecule has 22 heavy (non-hydrogen) atoms. The summed E-state index contributed by atoms with van der Waals surface area (Å²) in [7, 11) is 5.90. The first-order valence-electron chi connectivity index (χ1n) is 7.91. The first-order valence-corrected chi connectivity index (χ1v) is 7.91. The van der Waals surface area contributed by atoms with E-state index in [4.69, 9.17) is 9.73 Å². The molecule has 5 nitrogen and oxygen atoms in total. The summed E-state index contributed by atoms with van der Waals surface area (Å²) in [5, 5.41) is 6.63. The largest absolute Gasteiger partial charge is 0.385 e. The highest BCUT2D eigenvalue weighted by atomic mass is 16.5. The van der Waals surface area contributed by atoms with Crippen LogP contribution in [0.2, 0.25) is 0 Å². The Labute approximate surface area is 134 Å². The fourth-order valence-electron chi connectivity index (χ4n) is 2.18. The van der Waals surface area contributed by atoms with Gasteiger partial charge in [-0.05, 0) is 33.0 Å². The van der Waals surface area contributed by atoms with Crippen molar-refractivity contribution < 1.29 is 4.74 Å². The van der Waals surface area contributed by atoms with Crippen LogP contribution in [-0.2, 0) is 4.74 Å². The average Bonchev–Trinajstić information content (AvgIpc) is 2.52. The van der Waals surface area contributed by atoms with Crippen LogP contribution < -0.4 is 10.6 Å². The van der Waals surface area contributed by atoms with Crippen LogP contribution in [0.5, 0.6) is 0 Å². The molecule has 0 aliphatic rings. The van der Waals surface area contributed by atoms with Crippen molar-refractivity contribution in [3.8, 4) is 0 Å². The van der Waals surface area contributed by atoms with Crippen LogP contribution >= 0.6 is 0 Å². The van der Waals surface area contributed by atoms with Gasteiger partial charge in [0, 0.05) is 26.8 Å². The van der Waals surface area contributed by atoms with E-state index in [1.165, 1.54) is 5.56 Å². The molecule has 0 fully saturated rings. The SMILES string of the molecule is CCNC(=NCC(c1ccccc1)N(C)C)NCCCOC. The second-order valence-electron chi connectivity index (χ2n) is 5.38. The van der Waals surface area contributed by atoms with E-state index in [2.05, 4.69) is 60.8 Å². The van der Waals surface area contributed by atoms with E-state index in [1.54, 1.807) is 7.11 Å². The standard InChI is InChI=1S/C17H30N4O/c1-5-18-17(19-12-9-13-22-4)20-14-16(21(2)3)15-10-7-6-8-11-15/h6-8,10-11,16H,5,9,12-14H2,1-4H3,(H2,18,19,20). The summed E-state index contributed by atoms with van der Waals surface area (Å²) < 4.78 is 5.06. The van der Waals surface area contributed by atoms with Gasteiger partial charge < -0.3 is 20.3 Å². The summed E-state index contributed by atoms with van der Waals surface area (Å²) in [6.45, 7) is 5.27. The van der Waals surface area contributed by atoms with Crippen LogP contribution in [0, 0.1) is 0 Å². The first-order chi connectivity index (χ1) is 10.7. The van der Waals surface area contributed by atoms with Gasteiger partial charge >= 0.3 is 0 Å². The molecule has 0 saturated heterocycles. The summed E-state index contributed by atoms with van der Waals surface area (Å²) in [4.78, 5) is 6.92. The Balaban J connectivity index is 2.64. The minimum absolute atomic E-state index is 0.274. The minimum atomic E-state index is 0.274. The highest BCUT2D eigenvalue weighted by Gasteiger charge is 2.13. The Hall–Kier alpha value is -1.59. The van der Waals surface area contributed by atoms with E-state index >= 15 is 0 Å².